The largest absolute Gasteiger partial charge is 0.509 e. The molecule has 6 aromatic rings. The second-order valence-corrected chi connectivity index (χ2v) is 16.4. The summed E-state index contributed by atoms with van der Waals surface area (Å²) in [7, 11) is 3.79. The highest BCUT2D eigenvalue weighted by atomic mass is 16.7. The summed E-state index contributed by atoms with van der Waals surface area (Å²) in [5, 5.41) is 0. The van der Waals surface area contributed by atoms with Gasteiger partial charge in [-0.1, -0.05) is 52.0 Å². The van der Waals surface area contributed by atoms with Crippen molar-refractivity contribution in [1.82, 2.24) is 19.1 Å². The molecule has 13 nitrogen and oxygen atoms in total. The summed E-state index contributed by atoms with van der Waals surface area (Å²) in [6, 6.07) is 22.9. The van der Waals surface area contributed by atoms with Gasteiger partial charge in [0, 0.05) is 36.3 Å². The van der Waals surface area contributed by atoms with E-state index >= 15 is 0 Å². The topological polar surface area (TPSA) is 160 Å². The molecule has 4 N–H and O–H groups in total. The molecule has 0 amide bonds. The maximum absolute atomic E-state index is 14.8. The number of nitrogens with two attached hydrogens (primary N) is 2. The summed E-state index contributed by atoms with van der Waals surface area (Å²) in [6.45, 7) is 17.7. The van der Waals surface area contributed by atoms with E-state index in [0.29, 0.717) is 96.3 Å². The number of hydrogen-bond acceptors (Lipinski definition) is 11. The van der Waals surface area contributed by atoms with Gasteiger partial charge in [0.1, 0.15) is 45.1 Å². The fourth-order valence-electron chi connectivity index (χ4n) is 7.97. The van der Waals surface area contributed by atoms with Crippen molar-refractivity contribution in [3.8, 4) is 23.0 Å². The molecule has 6 rings (SSSR count). The second kappa shape index (κ2) is 18.0. The van der Waals surface area contributed by atoms with Crippen LogP contribution in [0, 0.1) is 10.8 Å². The molecule has 0 bridgehead atoms. The standard InChI is InChI=1S/C47H60N6O7/c1-11-55-33-23-25-35(57-13-3)39-37(33)50-43(52(39)9)41(46(5,6)27-29-15-19-31(48)20-16-29)59-45(54)60-42(47(7,8)28-30-17-21-32(49)22-18-30)44-51-38-34(56-12-2)24-26-36(58-14-4)40(38)53(44)10/h15-26,41-42H,11-14,27-28,48-49H2,1-10H3/t41-,42-/m0/s1. The average molecular weight is 821 g/mol. The Morgan fingerprint density at radius 3 is 1.20 bits per heavy atom. The summed E-state index contributed by atoms with van der Waals surface area (Å²) in [5.74, 6) is 3.47. The number of nitrogens with zero attached hydrogens (tertiary/aromatic N) is 4. The van der Waals surface area contributed by atoms with Gasteiger partial charge in [0.25, 0.3) is 0 Å². The normalized spacial score (nSPS) is 13.0. The van der Waals surface area contributed by atoms with Crippen LogP contribution >= 0.6 is 0 Å². The van der Waals surface area contributed by atoms with Crippen molar-refractivity contribution in [3.05, 3.63) is 95.6 Å². The number of imidazole rings is 2. The molecule has 0 unspecified atom stereocenters. The van der Waals surface area contributed by atoms with Crippen molar-refractivity contribution >= 4 is 39.6 Å². The van der Waals surface area contributed by atoms with Gasteiger partial charge in [-0.15, -0.1) is 0 Å². The van der Waals surface area contributed by atoms with Gasteiger partial charge >= 0.3 is 6.16 Å². The Balaban J connectivity index is 1.48. The van der Waals surface area contributed by atoms with E-state index in [4.69, 9.17) is 49.9 Å². The summed E-state index contributed by atoms with van der Waals surface area (Å²) < 4.78 is 41.3. The molecule has 0 aliphatic heterocycles. The highest BCUT2D eigenvalue weighted by Crippen LogP contribution is 2.46. The number of benzene rings is 4. The van der Waals surface area contributed by atoms with Gasteiger partial charge in [-0.2, -0.15) is 0 Å². The quantitative estimate of drug-likeness (QED) is 0.0628. The van der Waals surface area contributed by atoms with Crippen molar-refractivity contribution in [2.45, 2.75) is 80.4 Å². The van der Waals surface area contributed by atoms with E-state index in [1.54, 1.807) is 0 Å². The van der Waals surface area contributed by atoms with Gasteiger partial charge in [0.15, 0.2) is 23.9 Å². The van der Waals surface area contributed by atoms with Crippen LogP contribution in [0.3, 0.4) is 0 Å². The maximum Gasteiger partial charge on any atom is 0.509 e. The lowest BCUT2D eigenvalue weighted by atomic mass is 9.79. The van der Waals surface area contributed by atoms with Crippen LogP contribution in [0.1, 0.15) is 90.4 Å². The highest BCUT2D eigenvalue weighted by molar-refractivity contribution is 5.89. The van der Waals surface area contributed by atoms with Crippen LogP contribution in [0.2, 0.25) is 0 Å². The fourth-order valence-corrected chi connectivity index (χ4v) is 7.97. The second-order valence-electron chi connectivity index (χ2n) is 16.4. The first-order valence-corrected chi connectivity index (χ1v) is 20.7. The smallest absolute Gasteiger partial charge is 0.492 e. The number of aromatic nitrogens is 4. The molecule has 4 aromatic carbocycles. The minimum Gasteiger partial charge on any atom is -0.492 e. The van der Waals surface area contributed by atoms with Crippen molar-refractivity contribution in [2.75, 3.05) is 37.9 Å². The fraction of sp³-hybridized carbons (Fsp3) is 0.426. The number of aryl methyl sites for hydroxylation is 2. The van der Waals surface area contributed by atoms with Crippen LogP contribution in [-0.2, 0) is 36.4 Å². The van der Waals surface area contributed by atoms with Crippen LogP contribution in [0.15, 0.2) is 72.8 Å². The third kappa shape index (κ3) is 9.05. The maximum atomic E-state index is 14.8. The number of carbonyl (C=O) groups is 1. The molecule has 0 radical (unpaired) electrons. The van der Waals surface area contributed by atoms with Crippen LogP contribution in [-0.4, -0.2) is 51.7 Å². The van der Waals surface area contributed by atoms with Crippen LogP contribution in [0.4, 0.5) is 16.2 Å². The minimum absolute atomic E-state index is 0.442. The van der Waals surface area contributed by atoms with E-state index in [1.807, 2.05) is 151 Å². The third-order valence-corrected chi connectivity index (χ3v) is 10.8. The molecule has 2 heterocycles. The predicted octanol–water partition coefficient (Wildman–Crippen LogP) is 9.69. The van der Waals surface area contributed by atoms with E-state index in [0.717, 1.165) is 22.2 Å². The van der Waals surface area contributed by atoms with Gasteiger partial charge in [-0.25, -0.2) is 14.8 Å². The van der Waals surface area contributed by atoms with E-state index in [9.17, 15) is 4.79 Å². The first kappa shape index (κ1) is 43.5. The molecule has 13 heteroatoms. The molecule has 60 heavy (non-hydrogen) atoms. The summed E-state index contributed by atoms with van der Waals surface area (Å²) in [6.07, 6.45) is -1.69. The lowest BCUT2D eigenvalue weighted by Gasteiger charge is -2.36. The van der Waals surface area contributed by atoms with Gasteiger partial charge < -0.3 is 49.0 Å². The zero-order valence-electron chi connectivity index (χ0n) is 36.6. The number of ether oxygens (including phenoxy) is 6. The summed E-state index contributed by atoms with van der Waals surface area (Å²) in [5.41, 5.74) is 16.7. The SMILES string of the molecule is CCOc1ccc(OCC)c2c1nc([C@H](OC(=O)O[C@@H](c1nc3c(OCC)ccc(OCC)c3n1C)C(C)(C)Cc1ccc(N)cc1)C(C)(C)Cc1ccc(N)cc1)n2C. The Kier molecular flexibility index (Phi) is 13.1. The number of rotatable bonds is 18. The summed E-state index contributed by atoms with van der Waals surface area (Å²) >= 11 is 0. The van der Waals surface area contributed by atoms with Crippen LogP contribution in [0.5, 0.6) is 23.0 Å². The van der Waals surface area contributed by atoms with E-state index in [1.165, 1.54) is 0 Å². The Morgan fingerprint density at radius 1 is 0.550 bits per heavy atom. The Morgan fingerprint density at radius 2 is 0.867 bits per heavy atom. The van der Waals surface area contributed by atoms with Crippen molar-refractivity contribution < 1.29 is 33.2 Å². The van der Waals surface area contributed by atoms with E-state index in [2.05, 4.69) is 0 Å². The van der Waals surface area contributed by atoms with E-state index in [-0.39, 0.29) is 0 Å². The third-order valence-electron chi connectivity index (χ3n) is 10.8. The van der Waals surface area contributed by atoms with Crippen LogP contribution in [0.25, 0.3) is 22.1 Å². The highest BCUT2D eigenvalue weighted by Gasteiger charge is 2.43. The Bertz CT molecular complexity index is 2250. The lowest BCUT2D eigenvalue weighted by Crippen LogP contribution is -2.34. The molecule has 0 fully saturated rings. The van der Waals surface area contributed by atoms with Gasteiger partial charge in [0.2, 0.25) is 0 Å². The average Bonchev–Trinajstić information content (AvgIpc) is 3.73. The number of carbonyl (C=O) groups excluding carboxylic acids is 1. The number of nitrogen functional groups attached to an aromatic ring is 2. The van der Waals surface area contributed by atoms with Crippen molar-refractivity contribution in [3.63, 3.8) is 0 Å². The van der Waals surface area contributed by atoms with Gasteiger partial charge in [0.05, 0.1) is 26.4 Å². The number of anilines is 2. The number of hydrogen-bond donors (Lipinski definition) is 2. The Hall–Kier alpha value is -6.11. The lowest BCUT2D eigenvalue weighted by molar-refractivity contribution is -0.0701. The monoisotopic (exact) mass is 820 g/mol. The van der Waals surface area contributed by atoms with Crippen LogP contribution < -0.4 is 30.4 Å². The van der Waals surface area contributed by atoms with Crippen molar-refractivity contribution in [1.29, 1.82) is 0 Å². The first-order chi connectivity index (χ1) is 28.6. The zero-order chi connectivity index (χ0) is 43.4. The summed E-state index contributed by atoms with van der Waals surface area (Å²) in [4.78, 5) is 25.1. The molecule has 0 aliphatic rings. The Labute approximate surface area is 352 Å². The molecule has 0 saturated carbocycles. The molecule has 0 saturated heterocycles. The molecular weight excluding hydrogens is 761 g/mol. The molecular formula is C47H60N6O7. The van der Waals surface area contributed by atoms with Gasteiger partial charge in [-0.05, 0) is 100 Å². The minimum atomic E-state index is -0.917. The zero-order valence-corrected chi connectivity index (χ0v) is 36.6. The molecule has 0 spiro atoms. The van der Waals surface area contributed by atoms with Gasteiger partial charge in [-0.3, -0.25) is 0 Å². The number of fused-ring (bicyclic) bond motifs is 2. The molecule has 2 atom stereocenters. The molecule has 2 aromatic heterocycles. The van der Waals surface area contributed by atoms with Crippen molar-refractivity contribution in [2.24, 2.45) is 24.9 Å². The molecule has 320 valence electrons. The molecule has 0 aliphatic carbocycles. The predicted molar refractivity (Wildman–Crippen MR) is 236 cm³/mol. The first-order valence-electron chi connectivity index (χ1n) is 20.7. The van der Waals surface area contributed by atoms with E-state index < -0.39 is 29.2 Å².